The third kappa shape index (κ3) is 4.53. The van der Waals surface area contributed by atoms with Crippen molar-refractivity contribution >= 4 is 34.4 Å². The van der Waals surface area contributed by atoms with Gasteiger partial charge in [0.2, 0.25) is 5.89 Å². The van der Waals surface area contributed by atoms with Crippen LogP contribution in [0.25, 0.3) is 22.4 Å². The van der Waals surface area contributed by atoms with E-state index in [2.05, 4.69) is 25.4 Å². The van der Waals surface area contributed by atoms with Gasteiger partial charge in [0.1, 0.15) is 17.5 Å². The van der Waals surface area contributed by atoms with Crippen molar-refractivity contribution in [3.05, 3.63) is 89.6 Å². The Morgan fingerprint density at radius 3 is 2.76 bits per heavy atom. The van der Waals surface area contributed by atoms with Gasteiger partial charge in [-0.2, -0.15) is 4.98 Å². The molecule has 0 bridgehead atoms. The molecule has 5 aromatic rings. The zero-order valence-electron chi connectivity index (χ0n) is 17.8. The maximum atomic E-state index is 14.1. The number of halogens is 2. The van der Waals surface area contributed by atoms with Crippen molar-refractivity contribution in [1.29, 1.82) is 0 Å². The molecule has 0 saturated heterocycles. The minimum atomic E-state index is -0.584. The number of rotatable bonds is 6. The second-order valence-corrected chi connectivity index (χ2v) is 8.43. The maximum Gasteiger partial charge on any atom is 0.256 e. The highest BCUT2D eigenvalue weighted by Gasteiger charge is 2.15. The summed E-state index contributed by atoms with van der Waals surface area (Å²) < 4.78 is 32.7. The van der Waals surface area contributed by atoms with Gasteiger partial charge in [-0.1, -0.05) is 17.3 Å². The smallest absolute Gasteiger partial charge is 0.256 e. The summed E-state index contributed by atoms with van der Waals surface area (Å²) in [5.74, 6) is 0.264. The lowest BCUT2D eigenvalue weighted by atomic mass is 10.2. The summed E-state index contributed by atoms with van der Waals surface area (Å²) in [5.41, 5.74) is 2.19. The van der Waals surface area contributed by atoms with Crippen LogP contribution in [0, 0.1) is 18.6 Å². The minimum absolute atomic E-state index is 0.0320. The zero-order valence-corrected chi connectivity index (χ0v) is 18.6. The van der Waals surface area contributed by atoms with Gasteiger partial charge in [0.25, 0.3) is 5.91 Å². The van der Waals surface area contributed by atoms with Crippen LogP contribution in [0.2, 0.25) is 0 Å². The number of carbonyl (C=O) groups is 1. The quantitative estimate of drug-likeness (QED) is 0.303. The predicted octanol–water partition coefficient (Wildman–Crippen LogP) is 5.74. The van der Waals surface area contributed by atoms with Gasteiger partial charge in [-0.15, -0.1) is 11.8 Å². The number of amides is 1. The number of carbonyl (C=O) groups excluding carboxylic acids is 1. The lowest BCUT2D eigenvalue weighted by Crippen LogP contribution is -2.13. The number of aryl methyl sites for hydroxylation is 1. The van der Waals surface area contributed by atoms with Gasteiger partial charge in [0.05, 0.1) is 27.9 Å². The summed E-state index contributed by atoms with van der Waals surface area (Å²) in [6.07, 6.45) is 0. The summed E-state index contributed by atoms with van der Waals surface area (Å²) in [6, 6.07) is 15.5. The minimum Gasteiger partial charge on any atom is -0.340 e. The Kier molecular flexibility index (Phi) is 5.81. The van der Waals surface area contributed by atoms with Gasteiger partial charge >= 0.3 is 0 Å². The molecule has 5 rings (SSSR count). The molecular weight excluding hydrogens is 460 g/mol. The number of fused-ring (bicyclic) bond motifs is 1. The van der Waals surface area contributed by atoms with Crippen LogP contribution >= 0.6 is 11.8 Å². The van der Waals surface area contributed by atoms with E-state index in [0.29, 0.717) is 39.8 Å². The lowest BCUT2D eigenvalue weighted by Gasteiger charge is -2.09. The van der Waals surface area contributed by atoms with Crippen LogP contribution in [0.5, 0.6) is 0 Å². The number of anilines is 1. The molecule has 0 fully saturated rings. The van der Waals surface area contributed by atoms with Crippen molar-refractivity contribution in [2.75, 3.05) is 5.32 Å². The number of hydrogen-bond acceptors (Lipinski definition) is 6. The monoisotopic (exact) mass is 477 g/mol. The first-order valence-electron chi connectivity index (χ1n) is 10.2. The van der Waals surface area contributed by atoms with Gasteiger partial charge in [-0.3, -0.25) is 4.79 Å². The van der Waals surface area contributed by atoms with Crippen molar-refractivity contribution in [2.24, 2.45) is 0 Å². The van der Waals surface area contributed by atoms with Crippen LogP contribution in [-0.4, -0.2) is 26.0 Å². The fraction of sp³-hybridized carbons (Fsp3) is 0.0833. The van der Waals surface area contributed by atoms with Crippen LogP contribution in [0.3, 0.4) is 0 Å². The molecule has 0 aliphatic rings. The van der Waals surface area contributed by atoms with E-state index in [0.717, 1.165) is 23.1 Å². The second-order valence-electron chi connectivity index (χ2n) is 7.41. The van der Waals surface area contributed by atoms with Gasteiger partial charge < -0.3 is 14.8 Å². The van der Waals surface area contributed by atoms with Crippen molar-refractivity contribution in [3.8, 4) is 11.4 Å². The molecule has 0 atom stereocenters. The summed E-state index contributed by atoms with van der Waals surface area (Å²) in [5, 5.41) is 6.75. The Labute approximate surface area is 196 Å². The number of H-pyrrole nitrogens is 1. The number of aromatic amines is 1. The second kappa shape index (κ2) is 9.06. The molecule has 2 heterocycles. The SMILES string of the molecule is Cc1nc(CSc2ccccc2C(=O)Nc2ccc3nc(-c4cc(F)ccc4F)[nH]c3c2)no1. The Morgan fingerprint density at radius 2 is 1.94 bits per heavy atom. The molecule has 7 nitrogen and oxygen atoms in total. The van der Waals surface area contributed by atoms with E-state index in [9.17, 15) is 13.6 Å². The predicted molar refractivity (Wildman–Crippen MR) is 124 cm³/mol. The number of imidazole rings is 1. The lowest BCUT2D eigenvalue weighted by molar-refractivity contribution is 0.102. The fourth-order valence-electron chi connectivity index (χ4n) is 3.41. The fourth-order valence-corrected chi connectivity index (χ4v) is 4.31. The number of thioether (sulfide) groups is 1. The molecule has 170 valence electrons. The highest BCUT2D eigenvalue weighted by atomic mass is 32.2. The maximum absolute atomic E-state index is 14.1. The number of aromatic nitrogens is 4. The van der Waals surface area contributed by atoms with E-state index in [1.54, 1.807) is 37.3 Å². The molecule has 0 aliphatic carbocycles. The summed E-state index contributed by atoms with van der Waals surface area (Å²) in [7, 11) is 0. The zero-order chi connectivity index (χ0) is 23.7. The van der Waals surface area contributed by atoms with Crippen LogP contribution in [0.1, 0.15) is 22.1 Å². The molecule has 0 unspecified atom stereocenters. The molecule has 0 radical (unpaired) electrons. The standard InChI is InChI=1S/C24H17F2N5O2S/c1-13-27-22(31-33-13)12-34-21-5-3-2-4-16(21)24(32)28-15-7-9-19-20(11-15)30-23(29-19)17-10-14(25)6-8-18(17)26/h2-11H,12H2,1H3,(H,28,32)(H,29,30). The molecule has 0 aliphatic heterocycles. The third-order valence-corrected chi connectivity index (χ3v) is 6.05. The van der Waals surface area contributed by atoms with E-state index in [-0.39, 0.29) is 17.3 Å². The van der Waals surface area contributed by atoms with E-state index >= 15 is 0 Å². The van der Waals surface area contributed by atoms with E-state index < -0.39 is 11.6 Å². The Bertz CT molecular complexity index is 1510. The first kappa shape index (κ1) is 21.8. The molecule has 3 aromatic carbocycles. The van der Waals surface area contributed by atoms with Crippen LogP contribution in [-0.2, 0) is 5.75 Å². The van der Waals surface area contributed by atoms with Gasteiger partial charge in [-0.05, 0) is 48.5 Å². The Hall–Kier alpha value is -4.05. The first-order valence-corrected chi connectivity index (χ1v) is 11.2. The van der Waals surface area contributed by atoms with Crippen molar-refractivity contribution in [1.82, 2.24) is 20.1 Å². The van der Waals surface area contributed by atoms with E-state index in [1.807, 2.05) is 12.1 Å². The molecule has 2 N–H and O–H groups in total. The van der Waals surface area contributed by atoms with Crippen LogP contribution in [0.15, 0.2) is 70.1 Å². The van der Waals surface area contributed by atoms with Crippen LogP contribution in [0.4, 0.5) is 14.5 Å². The highest BCUT2D eigenvalue weighted by Crippen LogP contribution is 2.28. The van der Waals surface area contributed by atoms with Gasteiger partial charge in [0, 0.05) is 17.5 Å². The molecule has 1 amide bonds. The van der Waals surface area contributed by atoms with Crippen molar-refractivity contribution < 1.29 is 18.1 Å². The first-order chi connectivity index (χ1) is 16.5. The topological polar surface area (TPSA) is 96.7 Å². The molecule has 10 heteroatoms. The molecule has 2 aromatic heterocycles. The number of nitrogens with one attached hydrogen (secondary N) is 2. The molecule has 0 spiro atoms. The van der Waals surface area contributed by atoms with Crippen molar-refractivity contribution in [2.45, 2.75) is 17.6 Å². The number of hydrogen-bond donors (Lipinski definition) is 2. The Morgan fingerprint density at radius 1 is 1.09 bits per heavy atom. The summed E-state index contributed by atoms with van der Waals surface area (Å²) >= 11 is 1.43. The average molecular weight is 477 g/mol. The largest absolute Gasteiger partial charge is 0.340 e. The molecular formula is C24H17F2N5O2S. The normalized spacial score (nSPS) is 11.1. The molecule has 0 saturated carbocycles. The summed E-state index contributed by atoms with van der Waals surface area (Å²) in [6.45, 7) is 1.72. The highest BCUT2D eigenvalue weighted by molar-refractivity contribution is 7.98. The van der Waals surface area contributed by atoms with Crippen LogP contribution < -0.4 is 5.32 Å². The van der Waals surface area contributed by atoms with E-state index in [1.165, 1.54) is 11.8 Å². The number of benzene rings is 3. The van der Waals surface area contributed by atoms with E-state index in [4.69, 9.17) is 4.52 Å². The number of nitrogens with zero attached hydrogens (tertiary/aromatic N) is 3. The Balaban J connectivity index is 1.36. The third-order valence-electron chi connectivity index (χ3n) is 4.98. The average Bonchev–Trinajstić information content (AvgIpc) is 3.45. The molecule has 34 heavy (non-hydrogen) atoms. The van der Waals surface area contributed by atoms with Crippen molar-refractivity contribution in [3.63, 3.8) is 0 Å². The summed E-state index contributed by atoms with van der Waals surface area (Å²) in [4.78, 5) is 25.3. The van der Waals surface area contributed by atoms with Gasteiger partial charge in [0.15, 0.2) is 5.82 Å². The van der Waals surface area contributed by atoms with Gasteiger partial charge in [-0.25, -0.2) is 13.8 Å².